The number of rotatable bonds is 11. The molecule has 1 aromatic rings. The predicted molar refractivity (Wildman–Crippen MR) is 121 cm³/mol. The number of piperazine rings is 1. The lowest BCUT2D eigenvalue weighted by molar-refractivity contribution is -0.131. The van der Waals surface area contributed by atoms with Gasteiger partial charge in [-0.3, -0.25) is 9.79 Å². The van der Waals surface area contributed by atoms with Gasteiger partial charge in [0.25, 0.3) is 0 Å². The van der Waals surface area contributed by atoms with Crippen LogP contribution in [0, 0.1) is 0 Å². The van der Waals surface area contributed by atoms with E-state index in [1.165, 1.54) is 0 Å². The van der Waals surface area contributed by atoms with Gasteiger partial charge in [0.15, 0.2) is 5.96 Å². The van der Waals surface area contributed by atoms with Crippen molar-refractivity contribution in [2.24, 2.45) is 4.99 Å². The van der Waals surface area contributed by atoms with Crippen molar-refractivity contribution in [1.29, 1.82) is 0 Å². The lowest BCUT2D eigenvalue weighted by Gasteiger charge is -2.36. The quantitative estimate of drug-likeness (QED) is 0.326. The van der Waals surface area contributed by atoms with Crippen molar-refractivity contribution in [2.45, 2.75) is 26.2 Å². The van der Waals surface area contributed by atoms with Gasteiger partial charge in [-0.25, -0.2) is 0 Å². The second kappa shape index (κ2) is 14.2. The van der Waals surface area contributed by atoms with E-state index in [0.29, 0.717) is 37.7 Å². The van der Waals surface area contributed by atoms with Gasteiger partial charge >= 0.3 is 0 Å². The molecule has 0 unspecified atom stereocenters. The molecule has 0 radical (unpaired) electrons. The van der Waals surface area contributed by atoms with E-state index in [9.17, 15) is 4.79 Å². The molecular formula is C22H35ClN4O3. The van der Waals surface area contributed by atoms with E-state index in [1.54, 1.807) is 7.11 Å². The first-order valence-electron chi connectivity index (χ1n) is 10.8. The molecule has 168 valence electrons. The highest BCUT2D eigenvalue weighted by Gasteiger charge is 2.23. The summed E-state index contributed by atoms with van der Waals surface area (Å²) in [5, 5.41) is 4.04. The molecule has 0 aromatic heterocycles. The zero-order chi connectivity index (χ0) is 21.6. The SMILES string of the molecule is CCNC(=NCCCCOCCOC)N1CCN(C(=O)Cc2cccc(Cl)c2)CC1. The van der Waals surface area contributed by atoms with Crippen molar-refractivity contribution in [3.63, 3.8) is 0 Å². The zero-order valence-corrected chi connectivity index (χ0v) is 19.0. The van der Waals surface area contributed by atoms with Crippen LogP contribution in [0.5, 0.6) is 0 Å². The maximum Gasteiger partial charge on any atom is 0.227 e. The minimum Gasteiger partial charge on any atom is -0.382 e. The molecule has 2 rings (SSSR count). The third-order valence-corrected chi connectivity index (χ3v) is 5.14. The Bertz CT molecular complexity index is 664. The maximum absolute atomic E-state index is 12.6. The van der Waals surface area contributed by atoms with Crippen molar-refractivity contribution < 1.29 is 14.3 Å². The number of carbonyl (C=O) groups is 1. The molecule has 1 heterocycles. The average Bonchev–Trinajstić information content (AvgIpc) is 2.75. The van der Waals surface area contributed by atoms with Gasteiger partial charge < -0.3 is 24.6 Å². The monoisotopic (exact) mass is 438 g/mol. The number of guanidine groups is 1. The number of hydrogen-bond donors (Lipinski definition) is 1. The van der Waals surface area contributed by atoms with Crippen molar-refractivity contribution in [3.05, 3.63) is 34.9 Å². The number of methoxy groups -OCH3 is 1. The first-order valence-corrected chi connectivity index (χ1v) is 11.1. The number of ether oxygens (including phenoxy) is 2. The summed E-state index contributed by atoms with van der Waals surface area (Å²) in [5.74, 6) is 1.08. The lowest BCUT2D eigenvalue weighted by atomic mass is 10.1. The summed E-state index contributed by atoms with van der Waals surface area (Å²) in [7, 11) is 1.68. The van der Waals surface area contributed by atoms with E-state index in [1.807, 2.05) is 29.2 Å². The van der Waals surface area contributed by atoms with Crippen LogP contribution in [0.15, 0.2) is 29.3 Å². The van der Waals surface area contributed by atoms with Crippen molar-refractivity contribution in [2.75, 3.05) is 66.2 Å². The van der Waals surface area contributed by atoms with Gasteiger partial charge in [0, 0.05) is 58.0 Å². The summed E-state index contributed by atoms with van der Waals surface area (Å²) in [5.41, 5.74) is 0.955. The zero-order valence-electron chi connectivity index (χ0n) is 18.2. The Morgan fingerprint density at radius 1 is 1.13 bits per heavy atom. The van der Waals surface area contributed by atoms with Crippen LogP contribution < -0.4 is 5.32 Å². The number of unbranched alkanes of at least 4 members (excludes halogenated alkanes) is 1. The first-order chi connectivity index (χ1) is 14.6. The number of amides is 1. The highest BCUT2D eigenvalue weighted by Crippen LogP contribution is 2.13. The number of carbonyl (C=O) groups excluding carboxylic acids is 1. The van der Waals surface area contributed by atoms with Crippen LogP contribution in [0.25, 0.3) is 0 Å². The molecule has 1 aromatic carbocycles. The normalized spacial score (nSPS) is 14.8. The molecule has 1 N–H and O–H groups in total. The van der Waals surface area contributed by atoms with Gasteiger partial charge in [-0.1, -0.05) is 23.7 Å². The summed E-state index contributed by atoms with van der Waals surface area (Å²) in [6.07, 6.45) is 2.36. The van der Waals surface area contributed by atoms with Crippen LogP contribution in [0.2, 0.25) is 5.02 Å². The summed E-state index contributed by atoms with van der Waals surface area (Å²) in [4.78, 5) is 21.5. The average molecular weight is 439 g/mol. The van der Waals surface area contributed by atoms with Crippen molar-refractivity contribution in [3.8, 4) is 0 Å². The Kier molecular flexibility index (Phi) is 11.6. The fourth-order valence-electron chi connectivity index (χ4n) is 3.27. The second-order valence-electron chi connectivity index (χ2n) is 7.22. The molecule has 0 aliphatic carbocycles. The second-order valence-corrected chi connectivity index (χ2v) is 7.66. The van der Waals surface area contributed by atoms with Gasteiger partial charge in [0.2, 0.25) is 5.91 Å². The van der Waals surface area contributed by atoms with Gasteiger partial charge in [0.05, 0.1) is 19.6 Å². The molecule has 0 atom stereocenters. The summed E-state index contributed by atoms with van der Waals surface area (Å²) in [6.45, 7) is 8.66. The summed E-state index contributed by atoms with van der Waals surface area (Å²) >= 11 is 6.02. The van der Waals surface area contributed by atoms with E-state index in [2.05, 4.69) is 17.1 Å². The van der Waals surface area contributed by atoms with E-state index in [-0.39, 0.29) is 5.91 Å². The third-order valence-electron chi connectivity index (χ3n) is 4.90. The molecule has 0 saturated carbocycles. The standard InChI is InChI=1S/C22H35ClN4O3/c1-3-24-22(25-9-4-5-14-30-16-15-29-2)27-12-10-26(11-13-27)21(28)18-19-7-6-8-20(23)17-19/h6-8,17H,3-5,9-16,18H2,1-2H3,(H,24,25). The molecule has 1 aliphatic heterocycles. The van der Waals surface area contributed by atoms with E-state index < -0.39 is 0 Å². The maximum atomic E-state index is 12.6. The van der Waals surface area contributed by atoms with Gasteiger partial charge in [-0.2, -0.15) is 0 Å². The molecule has 8 heteroatoms. The topological polar surface area (TPSA) is 66.4 Å². The molecule has 1 fully saturated rings. The Morgan fingerprint density at radius 3 is 2.60 bits per heavy atom. The fourth-order valence-corrected chi connectivity index (χ4v) is 3.48. The Morgan fingerprint density at radius 2 is 1.90 bits per heavy atom. The molecule has 1 aliphatic rings. The van der Waals surface area contributed by atoms with Crippen LogP contribution in [0.3, 0.4) is 0 Å². The number of nitrogens with one attached hydrogen (secondary N) is 1. The minimum absolute atomic E-state index is 0.146. The van der Waals surface area contributed by atoms with Gasteiger partial charge in [-0.05, 0) is 37.5 Å². The number of aliphatic imine (C=N–C) groups is 1. The summed E-state index contributed by atoms with van der Waals surface area (Å²) < 4.78 is 10.4. The van der Waals surface area contributed by atoms with E-state index >= 15 is 0 Å². The number of hydrogen-bond acceptors (Lipinski definition) is 4. The van der Waals surface area contributed by atoms with E-state index in [0.717, 1.165) is 57.2 Å². The predicted octanol–water partition coefficient (Wildman–Crippen LogP) is 2.44. The number of nitrogens with zero attached hydrogens (tertiary/aromatic N) is 3. The Balaban J connectivity index is 1.73. The smallest absolute Gasteiger partial charge is 0.227 e. The van der Waals surface area contributed by atoms with Crippen LogP contribution >= 0.6 is 11.6 Å². The minimum atomic E-state index is 0.146. The van der Waals surface area contributed by atoms with Crippen LogP contribution in [0.1, 0.15) is 25.3 Å². The molecule has 0 bridgehead atoms. The molecule has 30 heavy (non-hydrogen) atoms. The Hall–Kier alpha value is -1.83. The molecule has 1 amide bonds. The van der Waals surface area contributed by atoms with Gasteiger partial charge in [0.1, 0.15) is 0 Å². The molecule has 1 saturated heterocycles. The van der Waals surface area contributed by atoms with Crippen LogP contribution in [-0.4, -0.2) is 87.9 Å². The highest BCUT2D eigenvalue weighted by molar-refractivity contribution is 6.30. The number of halogens is 1. The number of benzene rings is 1. The Labute approximate surface area is 185 Å². The highest BCUT2D eigenvalue weighted by atomic mass is 35.5. The fraction of sp³-hybridized carbons (Fsp3) is 0.636. The van der Waals surface area contributed by atoms with Crippen LogP contribution in [-0.2, 0) is 20.7 Å². The largest absolute Gasteiger partial charge is 0.382 e. The molecule has 7 nitrogen and oxygen atoms in total. The third kappa shape index (κ3) is 8.90. The summed E-state index contributed by atoms with van der Waals surface area (Å²) in [6, 6.07) is 7.50. The van der Waals surface area contributed by atoms with Gasteiger partial charge in [-0.15, -0.1) is 0 Å². The lowest BCUT2D eigenvalue weighted by Crippen LogP contribution is -2.54. The van der Waals surface area contributed by atoms with Crippen molar-refractivity contribution in [1.82, 2.24) is 15.1 Å². The van der Waals surface area contributed by atoms with Crippen LogP contribution in [0.4, 0.5) is 0 Å². The van der Waals surface area contributed by atoms with E-state index in [4.69, 9.17) is 26.1 Å². The first kappa shape index (κ1) is 24.4. The van der Waals surface area contributed by atoms with Crippen molar-refractivity contribution >= 4 is 23.5 Å². The molecule has 0 spiro atoms. The molecular weight excluding hydrogens is 404 g/mol.